The van der Waals surface area contributed by atoms with E-state index in [2.05, 4.69) is 5.32 Å². The van der Waals surface area contributed by atoms with Crippen LogP contribution in [0.4, 0.5) is 4.79 Å². The molecule has 1 fully saturated rings. The zero-order valence-corrected chi connectivity index (χ0v) is 16.1. The fourth-order valence-corrected chi connectivity index (χ4v) is 4.21. The zero-order chi connectivity index (χ0) is 20.0. The first-order valence-electron chi connectivity index (χ1n) is 8.55. The number of piperidine rings is 1. The van der Waals surface area contributed by atoms with Crippen molar-refractivity contribution in [1.82, 2.24) is 14.9 Å². The molecule has 1 aromatic carbocycles. The van der Waals surface area contributed by atoms with Crippen molar-refractivity contribution in [2.24, 2.45) is 0 Å². The number of hydrogen-bond acceptors (Lipinski definition) is 6. The summed E-state index contributed by atoms with van der Waals surface area (Å²) in [6, 6.07) is 3.52. The minimum atomic E-state index is -3.69. The fraction of sp³-hybridized carbons (Fsp3) is 0.471. The van der Waals surface area contributed by atoms with Gasteiger partial charge < -0.3 is 10.1 Å². The Bertz CT molecular complexity index is 831. The summed E-state index contributed by atoms with van der Waals surface area (Å²) in [7, 11) is -2.35. The maximum Gasteiger partial charge on any atom is 0.338 e. The number of carbonyl (C=O) groups excluding carboxylic acids is 3. The van der Waals surface area contributed by atoms with Gasteiger partial charge in [0, 0.05) is 20.1 Å². The molecule has 2 N–H and O–H groups in total. The molecular formula is C17H23N3O6S. The van der Waals surface area contributed by atoms with Gasteiger partial charge in [0.05, 0.1) is 10.5 Å². The number of nitrogens with zero attached hydrogens (tertiary/aromatic N) is 1. The largest absolute Gasteiger partial charge is 0.452 e. The van der Waals surface area contributed by atoms with Gasteiger partial charge in [0.1, 0.15) is 0 Å². The Morgan fingerprint density at radius 2 is 1.81 bits per heavy atom. The first kappa shape index (κ1) is 20.8. The number of sulfonamides is 1. The van der Waals surface area contributed by atoms with Gasteiger partial charge in [-0.3, -0.25) is 10.1 Å². The molecule has 9 nitrogen and oxygen atoms in total. The van der Waals surface area contributed by atoms with Crippen molar-refractivity contribution in [2.75, 3.05) is 26.7 Å². The van der Waals surface area contributed by atoms with E-state index in [0.29, 0.717) is 18.7 Å². The molecule has 27 heavy (non-hydrogen) atoms. The van der Waals surface area contributed by atoms with Crippen LogP contribution in [0.5, 0.6) is 0 Å². The molecule has 3 amide bonds. The number of aryl methyl sites for hydroxylation is 1. The molecule has 0 aliphatic carbocycles. The fourth-order valence-electron chi connectivity index (χ4n) is 2.67. The van der Waals surface area contributed by atoms with E-state index in [1.165, 1.54) is 29.6 Å². The van der Waals surface area contributed by atoms with Crippen LogP contribution in [0.2, 0.25) is 0 Å². The first-order chi connectivity index (χ1) is 12.8. The molecule has 0 atom stereocenters. The molecule has 10 heteroatoms. The lowest BCUT2D eigenvalue weighted by Crippen LogP contribution is -2.39. The third kappa shape index (κ3) is 5.27. The quantitative estimate of drug-likeness (QED) is 0.708. The molecule has 0 saturated carbocycles. The first-order valence-corrected chi connectivity index (χ1v) is 9.99. The summed E-state index contributed by atoms with van der Waals surface area (Å²) in [5.41, 5.74) is 0.574. The number of esters is 1. The molecular weight excluding hydrogens is 374 g/mol. The van der Waals surface area contributed by atoms with E-state index >= 15 is 0 Å². The van der Waals surface area contributed by atoms with Crippen molar-refractivity contribution in [3.05, 3.63) is 29.3 Å². The smallest absolute Gasteiger partial charge is 0.338 e. The molecule has 0 bridgehead atoms. The number of ether oxygens (including phenoxy) is 1. The second kappa shape index (κ2) is 8.96. The molecule has 1 heterocycles. The highest BCUT2D eigenvalue weighted by atomic mass is 32.2. The maximum absolute atomic E-state index is 12.8. The van der Waals surface area contributed by atoms with Crippen LogP contribution in [0.15, 0.2) is 23.1 Å². The van der Waals surface area contributed by atoms with E-state index in [4.69, 9.17) is 4.74 Å². The molecule has 0 radical (unpaired) electrons. The maximum atomic E-state index is 12.8. The van der Waals surface area contributed by atoms with Crippen molar-refractivity contribution < 1.29 is 27.5 Å². The minimum Gasteiger partial charge on any atom is -0.452 e. The third-order valence-electron chi connectivity index (χ3n) is 4.20. The van der Waals surface area contributed by atoms with Gasteiger partial charge >= 0.3 is 12.0 Å². The predicted octanol–water partition coefficient (Wildman–Crippen LogP) is 0.782. The molecule has 0 aromatic heterocycles. The lowest BCUT2D eigenvalue weighted by atomic mass is 10.1. The summed E-state index contributed by atoms with van der Waals surface area (Å²) in [5, 5.41) is 4.16. The highest BCUT2D eigenvalue weighted by Crippen LogP contribution is 2.23. The number of rotatable bonds is 5. The Kier molecular flexibility index (Phi) is 6.92. The Morgan fingerprint density at radius 3 is 2.44 bits per heavy atom. The molecule has 0 unspecified atom stereocenters. The SMILES string of the molecule is CNC(=O)NC(=O)COC(=O)c1cc(S(=O)(=O)N2CCCCC2)ccc1C. The third-order valence-corrected chi connectivity index (χ3v) is 6.09. The molecule has 0 spiro atoms. The predicted molar refractivity (Wildman–Crippen MR) is 96.7 cm³/mol. The molecule has 148 valence electrons. The number of benzene rings is 1. The topological polar surface area (TPSA) is 122 Å². The molecule has 1 aliphatic rings. The van der Waals surface area contributed by atoms with Gasteiger partial charge in [-0.25, -0.2) is 18.0 Å². The Balaban J connectivity index is 2.13. The normalized spacial score (nSPS) is 15.0. The van der Waals surface area contributed by atoms with Gasteiger partial charge in [0.2, 0.25) is 10.0 Å². The van der Waals surface area contributed by atoms with Gasteiger partial charge in [-0.15, -0.1) is 0 Å². The van der Waals surface area contributed by atoms with Crippen molar-refractivity contribution >= 4 is 27.9 Å². The van der Waals surface area contributed by atoms with Crippen LogP contribution in [0.25, 0.3) is 0 Å². The Labute approximate surface area is 158 Å². The highest BCUT2D eigenvalue weighted by molar-refractivity contribution is 7.89. The average Bonchev–Trinajstić information content (AvgIpc) is 2.66. The number of hydrogen-bond donors (Lipinski definition) is 2. The lowest BCUT2D eigenvalue weighted by Gasteiger charge is -2.26. The number of amides is 3. The van der Waals surface area contributed by atoms with E-state index in [1.54, 1.807) is 6.92 Å². The van der Waals surface area contributed by atoms with Crippen LogP contribution < -0.4 is 10.6 Å². The average molecular weight is 397 g/mol. The molecule has 1 saturated heterocycles. The summed E-state index contributed by atoms with van der Waals surface area (Å²) >= 11 is 0. The van der Waals surface area contributed by atoms with Crippen LogP contribution in [-0.4, -0.2) is 57.4 Å². The van der Waals surface area contributed by atoms with Crippen molar-refractivity contribution in [2.45, 2.75) is 31.1 Å². The van der Waals surface area contributed by atoms with Gasteiger partial charge in [0.15, 0.2) is 6.61 Å². The summed E-state index contributed by atoms with van der Waals surface area (Å²) < 4.78 is 31.8. The zero-order valence-electron chi connectivity index (χ0n) is 15.3. The van der Waals surface area contributed by atoms with Crippen molar-refractivity contribution in [1.29, 1.82) is 0 Å². The van der Waals surface area contributed by atoms with E-state index in [-0.39, 0.29) is 10.5 Å². The van der Waals surface area contributed by atoms with Gasteiger partial charge in [-0.1, -0.05) is 12.5 Å². The number of urea groups is 1. The van der Waals surface area contributed by atoms with Gasteiger partial charge in [0.25, 0.3) is 5.91 Å². The standard InChI is InChI=1S/C17H23N3O6S/c1-12-6-7-13(27(24,25)20-8-4-3-5-9-20)10-14(12)16(22)26-11-15(21)19-17(23)18-2/h6-7,10H,3-5,8-9,11H2,1-2H3,(H2,18,19,21,23). The molecule has 1 aliphatic heterocycles. The van der Waals surface area contributed by atoms with E-state index < -0.39 is 34.5 Å². The molecule has 2 rings (SSSR count). The van der Waals surface area contributed by atoms with Gasteiger partial charge in [-0.2, -0.15) is 4.31 Å². The van der Waals surface area contributed by atoms with E-state index in [9.17, 15) is 22.8 Å². The number of carbonyl (C=O) groups is 3. The Morgan fingerprint density at radius 1 is 1.15 bits per heavy atom. The lowest BCUT2D eigenvalue weighted by molar-refractivity contribution is -0.123. The monoisotopic (exact) mass is 397 g/mol. The van der Waals surface area contributed by atoms with Gasteiger partial charge in [-0.05, 0) is 37.5 Å². The molecule has 1 aromatic rings. The number of imide groups is 1. The summed E-state index contributed by atoms with van der Waals surface area (Å²) in [4.78, 5) is 34.8. The van der Waals surface area contributed by atoms with Crippen molar-refractivity contribution in [3.8, 4) is 0 Å². The number of nitrogens with one attached hydrogen (secondary N) is 2. The van der Waals surface area contributed by atoms with E-state index in [1.807, 2.05) is 5.32 Å². The summed E-state index contributed by atoms with van der Waals surface area (Å²) in [6.07, 6.45) is 2.61. The second-order valence-electron chi connectivity index (χ2n) is 6.14. The Hall–Kier alpha value is -2.46. The second-order valence-corrected chi connectivity index (χ2v) is 8.08. The van der Waals surface area contributed by atoms with E-state index in [0.717, 1.165) is 19.3 Å². The highest BCUT2D eigenvalue weighted by Gasteiger charge is 2.27. The summed E-state index contributed by atoms with van der Waals surface area (Å²) in [5.74, 6) is -1.63. The summed E-state index contributed by atoms with van der Waals surface area (Å²) in [6.45, 7) is 1.89. The minimum absolute atomic E-state index is 0.0109. The van der Waals surface area contributed by atoms with Crippen molar-refractivity contribution in [3.63, 3.8) is 0 Å². The van der Waals surface area contributed by atoms with Crippen LogP contribution in [0.1, 0.15) is 35.2 Å². The van der Waals surface area contributed by atoms with Crippen LogP contribution in [-0.2, 0) is 19.6 Å². The van der Waals surface area contributed by atoms with Crippen LogP contribution in [0, 0.1) is 6.92 Å². The van der Waals surface area contributed by atoms with Crippen LogP contribution in [0.3, 0.4) is 0 Å². The van der Waals surface area contributed by atoms with Crippen LogP contribution >= 0.6 is 0 Å².